The summed E-state index contributed by atoms with van der Waals surface area (Å²) in [5.41, 5.74) is 6.41. The van der Waals surface area contributed by atoms with Crippen LogP contribution in [-0.4, -0.2) is 12.2 Å². The standard InChI is InChI=1S/C14H10BrF3N2O/c15-10-6-7-11(12(8-10)21-14(16,17)18)20-13(19)9-4-2-1-3-5-9/h1-8H,(H2,19,20). The molecule has 0 aromatic heterocycles. The molecule has 0 saturated heterocycles. The molecule has 0 amide bonds. The maximum absolute atomic E-state index is 12.4. The van der Waals surface area contributed by atoms with Crippen molar-refractivity contribution in [2.75, 3.05) is 0 Å². The van der Waals surface area contributed by atoms with E-state index in [0.29, 0.717) is 10.0 Å². The molecular formula is C14H10BrF3N2O. The van der Waals surface area contributed by atoms with Gasteiger partial charge in [0.25, 0.3) is 0 Å². The summed E-state index contributed by atoms with van der Waals surface area (Å²) in [6.45, 7) is 0. The van der Waals surface area contributed by atoms with Gasteiger partial charge in [0.05, 0.1) is 0 Å². The van der Waals surface area contributed by atoms with Gasteiger partial charge in [-0.1, -0.05) is 46.3 Å². The second-order valence-electron chi connectivity index (χ2n) is 4.02. The molecular weight excluding hydrogens is 349 g/mol. The molecule has 0 radical (unpaired) electrons. The van der Waals surface area contributed by atoms with Crippen molar-refractivity contribution in [1.29, 1.82) is 0 Å². The Kier molecular flexibility index (Phi) is 4.52. The van der Waals surface area contributed by atoms with E-state index in [2.05, 4.69) is 25.7 Å². The van der Waals surface area contributed by atoms with Gasteiger partial charge in [-0.15, -0.1) is 13.2 Å². The summed E-state index contributed by atoms with van der Waals surface area (Å²) in [4.78, 5) is 4.00. The molecule has 2 rings (SSSR count). The number of halogens is 4. The fraction of sp³-hybridized carbons (Fsp3) is 0.0714. The lowest BCUT2D eigenvalue weighted by atomic mass is 10.2. The highest BCUT2D eigenvalue weighted by Crippen LogP contribution is 2.35. The van der Waals surface area contributed by atoms with Gasteiger partial charge in [0.15, 0.2) is 5.75 Å². The van der Waals surface area contributed by atoms with E-state index in [9.17, 15) is 13.2 Å². The number of rotatable bonds is 3. The lowest BCUT2D eigenvalue weighted by Crippen LogP contribution is -2.17. The highest BCUT2D eigenvalue weighted by atomic mass is 79.9. The van der Waals surface area contributed by atoms with E-state index in [-0.39, 0.29) is 11.5 Å². The van der Waals surface area contributed by atoms with Crippen molar-refractivity contribution in [3.05, 3.63) is 58.6 Å². The highest BCUT2D eigenvalue weighted by Gasteiger charge is 2.32. The van der Waals surface area contributed by atoms with Crippen molar-refractivity contribution in [2.45, 2.75) is 6.36 Å². The highest BCUT2D eigenvalue weighted by molar-refractivity contribution is 9.10. The Labute approximate surface area is 127 Å². The molecule has 0 saturated carbocycles. The first-order valence-corrected chi connectivity index (χ1v) is 6.59. The molecule has 0 aliphatic heterocycles. The van der Waals surface area contributed by atoms with E-state index in [1.165, 1.54) is 12.1 Å². The van der Waals surface area contributed by atoms with Crippen molar-refractivity contribution in [3.63, 3.8) is 0 Å². The number of hydrogen-bond donors (Lipinski definition) is 1. The molecule has 0 unspecified atom stereocenters. The number of hydrogen-bond acceptors (Lipinski definition) is 2. The van der Waals surface area contributed by atoms with Crippen molar-refractivity contribution >= 4 is 27.5 Å². The summed E-state index contributed by atoms with van der Waals surface area (Å²) in [7, 11) is 0. The maximum Gasteiger partial charge on any atom is 0.573 e. The molecule has 3 nitrogen and oxygen atoms in total. The van der Waals surface area contributed by atoms with Gasteiger partial charge in [0.1, 0.15) is 11.5 Å². The molecule has 0 spiro atoms. The molecule has 0 heterocycles. The summed E-state index contributed by atoms with van der Waals surface area (Å²) >= 11 is 3.09. The van der Waals surface area contributed by atoms with E-state index in [4.69, 9.17) is 5.73 Å². The first-order valence-electron chi connectivity index (χ1n) is 5.80. The Morgan fingerprint density at radius 3 is 2.38 bits per heavy atom. The van der Waals surface area contributed by atoms with E-state index in [1.807, 2.05) is 0 Å². The topological polar surface area (TPSA) is 47.6 Å². The van der Waals surface area contributed by atoms with Gasteiger partial charge in [0.2, 0.25) is 0 Å². The van der Waals surface area contributed by atoms with Crippen LogP contribution in [0.2, 0.25) is 0 Å². The summed E-state index contributed by atoms with van der Waals surface area (Å²) < 4.78 is 41.6. The molecule has 110 valence electrons. The molecule has 0 atom stereocenters. The van der Waals surface area contributed by atoms with Crippen LogP contribution in [-0.2, 0) is 0 Å². The third-order valence-electron chi connectivity index (χ3n) is 2.46. The van der Waals surface area contributed by atoms with Crippen LogP contribution >= 0.6 is 15.9 Å². The third kappa shape index (κ3) is 4.49. The average Bonchev–Trinajstić information content (AvgIpc) is 2.41. The lowest BCUT2D eigenvalue weighted by Gasteiger charge is -2.12. The average molecular weight is 359 g/mol. The van der Waals surface area contributed by atoms with Crippen LogP contribution in [0.25, 0.3) is 0 Å². The Hall–Kier alpha value is -2.02. The lowest BCUT2D eigenvalue weighted by molar-refractivity contribution is -0.274. The number of nitrogens with zero attached hydrogens (tertiary/aromatic N) is 1. The molecule has 0 fully saturated rings. The fourth-order valence-electron chi connectivity index (χ4n) is 1.59. The Morgan fingerprint density at radius 1 is 1.10 bits per heavy atom. The molecule has 0 aliphatic rings. The van der Waals surface area contributed by atoms with Gasteiger partial charge >= 0.3 is 6.36 Å². The second kappa shape index (κ2) is 6.17. The van der Waals surface area contributed by atoms with Crippen LogP contribution in [0.4, 0.5) is 18.9 Å². The van der Waals surface area contributed by atoms with Crippen LogP contribution in [0, 0.1) is 0 Å². The van der Waals surface area contributed by atoms with Gasteiger partial charge in [-0.2, -0.15) is 0 Å². The van der Waals surface area contributed by atoms with Crippen molar-refractivity contribution in [2.24, 2.45) is 10.7 Å². The predicted octanol–water partition coefficient (Wildman–Crippen LogP) is 4.38. The summed E-state index contributed by atoms with van der Waals surface area (Å²) in [6, 6.07) is 12.9. The third-order valence-corrected chi connectivity index (χ3v) is 2.95. The smallest absolute Gasteiger partial charge is 0.403 e. The van der Waals surface area contributed by atoms with Crippen LogP contribution in [0.3, 0.4) is 0 Å². The minimum Gasteiger partial charge on any atom is -0.403 e. The van der Waals surface area contributed by atoms with Crippen LogP contribution in [0.5, 0.6) is 5.75 Å². The minimum absolute atomic E-state index is 0.00289. The van der Waals surface area contributed by atoms with E-state index >= 15 is 0 Å². The molecule has 2 N–H and O–H groups in total. The largest absolute Gasteiger partial charge is 0.573 e. The van der Waals surface area contributed by atoms with E-state index < -0.39 is 12.1 Å². The Balaban J connectivity index is 2.40. The predicted molar refractivity (Wildman–Crippen MR) is 77.7 cm³/mol. The van der Waals surface area contributed by atoms with Crippen molar-refractivity contribution < 1.29 is 17.9 Å². The van der Waals surface area contributed by atoms with Crippen LogP contribution < -0.4 is 10.5 Å². The molecule has 0 bridgehead atoms. The number of benzene rings is 2. The van der Waals surface area contributed by atoms with Crippen LogP contribution in [0.1, 0.15) is 5.56 Å². The zero-order valence-corrected chi connectivity index (χ0v) is 12.1. The quantitative estimate of drug-likeness (QED) is 0.653. The zero-order valence-electron chi connectivity index (χ0n) is 10.6. The maximum atomic E-state index is 12.4. The first kappa shape index (κ1) is 15.4. The molecule has 2 aromatic rings. The fourth-order valence-corrected chi connectivity index (χ4v) is 1.93. The van der Waals surface area contributed by atoms with Gasteiger partial charge in [-0.05, 0) is 18.2 Å². The van der Waals surface area contributed by atoms with Crippen molar-refractivity contribution in [1.82, 2.24) is 0 Å². The normalized spacial score (nSPS) is 12.3. The number of ether oxygens (including phenoxy) is 1. The number of alkyl halides is 3. The SMILES string of the molecule is NC(=Nc1ccc(Br)cc1OC(F)(F)F)c1ccccc1. The number of aliphatic imine (C=N–C) groups is 1. The minimum atomic E-state index is -4.80. The van der Waals surface area contributed by atoms with Gasteiger partial charge < -0.3 is 10.5 Å². The van der Waals surface area contributed by atoms with Gasteiger partial charge in [-0.25, -0.2) is 4.99 Å². The Morgan fingerprint density at radius 2 is 1.76 bits per heavy atom. The Bertz CT molecular complexity index is 657. The molecule has 7 heteroatoms. The molecule has 0 aliphatic carbocycles. The number of amidine groups is 1. The molecule has 21 heavy (non-hydrogen) atoms. The van der Waals surface area contributed by atoms with Gasteiger partial charge in [0, 0.05) is 10.0 Å². The van der Waals surface area contributed by atoms with Crippen LogP contribution in [0.15, 0.2) is 58.0 Å². The second-order valence-corrected chi connectivity index (χ2v) is 4.94. The van der Waals surface area contributed by atoms with E-state index in [0.717, 1.165) is 0 Å². The summed E-state index contributed by atoms with van der Waals surface area (Å²) in [5.74, 6) is -0.319. The number of nitrogens with two attached hydrogens (primary N) is 1. The summed E-state index contributed by atoms with van der Waals surface area (Å²) in [6.07, 6.45) is -4.80. The van der Waals surface area contributed by atoms with E-state index in [1.54, 1.807) is 36.4 Å². The summed E-state index contributed by atoms with van der Waals surface area (Å²) in [5, 5.41) is 0. The van der Waals surface area contributed by atoms with Gasteiger partial charge in [-0.3, -0.25) is 0 Å². The van der Waals surface area contributed by atoms with Crippen molar-refractivity contribution in [3.8, 4) is 5.75 Å². The first-order chi connectivity index (χ1) is 9.85. The zero-order chi connectivity index (χ0) is 15.5. The monoisotopic (exact) mass is 358 g/mol. The molecule has 2 aromatic carbocycles.